The van der Waals surface area contributed by atoms with Crippen molar-refractivity contribution in [2.45, 2.75) is 51.5 Å². The van der Waals surface area contributed by atoms with Crippen molar-refractivity contribution in [1.29, 1.82) is 0 Å². The first kappa shape index (κ1) is 11.3. The molecular weight excluding hydrogens is 174 g/mol. The maximum absolute atomic E-state index is 11.7. The fraction of sp³-hybridized carbons (Fsp3) is 0.750. The second-order valence-corrected chi connectivity index (χ2v) is 4.01. The first-order valence-corrected chi connectivity index (χ1v) is 5.70. The van der Waals surface area contributed by atoms with Crippen molar-refractivity contribution in [1.82, 2.24) is 4.90 Å². The van der Waals surface area contributed by atoms with Crippen LogP contribution in [0.4, 0.5) is 0 Å². The van der Waals surface area contributed by atoms with Crippen molar-refractivity contribution in [2.75, 3.05) is 6.54 Å². The highest BCUT2D eigenvalue weighted by atomic mass is 16.2. The molecule has 1 aliphatic rings. The van der Waals surface area contributed by atoms with Gasteiger partial charge in [0.1, 0.15) is 0 Å². The van der Waals surface area contributed by atoms with E-state index in [2.05, 4.69) is 18.4 Å². The van der Waals surface area contributed by atoms with Crippen LogP contribution in [-0.2, 0) is 4.79 Å². The summed E-state index contributed by atoms with van der Waals surface area (Å²) in [5, 5.41) is 0. The van der Waals surface area contributed by atoms with Crippen LogP contribution in [0.25, 0.3) is 0 Å². The van der Waals surface area contributed by atoms with E-state index in [0.717, 1.165) is 38.6 Å². The second-order valence-electron chi connectivity index (χ2n) is 4.01. The number of carbonyl (C=O) groups excluding carboxylic acids is 1. The van der Waals surface area contributed by atoms with E-state index in [1.54, 1.807) is 0 Å². The summed E-state index contributed by atoms with van der Waals surface area (Å²) in [5.41, 5.74) is 0. The highest BCUT2D eigenvalue weighted by molar-refractivity contribution is 5.77. The molecule has 1 fully saturated rings. The molecule has 1 unspecified atom stereocenters. The Kier molecular flexibility index (Phi) is 4.71. The molecule has 2 nitrogen and oxygen atoms in total. The summed E-state index contributed by atoms with van der Waals surface area (Å²) in [7, 11) is 0. The Balaban J connectivity index is 2.54. The molecule has 0 aromatic heterocycles. The predicted molar refractivity (Wildman–Crippen MR) is 59.1 cm³/mol. The van der Waals surface area contributed by atoms with E-state index in [1.165, 1.54) is 6.42 Å². The third-order valence-electron chi connectivity index (χ3n) is 2.86. The van der Waals surface area contributed by atoms with Crippen molar-refractivity contribution in [3.63, 3.8) is 0 Å². The Labute approximate surface area is 87.0 Å². The monoisotopic (exact) mass is 195 g/mol. The molecule has 1 rings (SSSR count). The van der Waals surface area contributed by atoms with Gasteiger partial charge in [0.15, 0.2) is 0 Å². The van der Waals surface area contributed by atoms with Crippen molar-refractivity contribution >= 4 is 5.91 Å². The van der Waals surface area contributed by atoms with Crippen LogP contribution < -0.4 is 0 Å². The zero-order valence-electron chi connectivity index (χ0n) is 9.17. The zero-order valence-corrected chi connectivity index (χ0v) is 9.17. The quantitative estimate of drug-likeness (QED) is 0.618. The molecule has 0 aliphatic carbocycles. The topological polar surface area (TPSA) is 20.3 Å². The maximum Gasteiger partial charge on any atom is 0.222 e. The Morgan fingerprint density at radius 2 is 2.36 bits per heavy atom. The van der Waals surface area contributed by atoms with Crippen LogP contribution in [0.5, 0.6) is 0 Å². The average molecular weight is 195 g/mol. The van der Waals surface area contributed by atoms with Crippen LogP contribution in [0, 0.1) is 0 Å². The van der Waals surface area contributed by atoms with Gasteiger partial charge >= 0.3 is 0 Å². The first-order valence-electron chi connectivity index (χ1n) is 5.70. The molecule has 0 radical (unpaired) electrons. The summed E-state index contributed by atoms with van der Waals surface area (Å²) in [5.74, 6) is 0.344. The van der Waals surface area contributed by atoms with Gasteiger partial charge in [0.05, 0.1) is 0 Å². The molecule has 80 valence electrons. The minimum atomic E-state index is 0.344. The number of hydrogen-bond donors (Lipinski definition) is 0. The first-order chi connectivity index (χ1) is 6.79. The van der Waals surface area contributed by atoms with E-state index in [0.29, 0.717) is 11.9 Å². The molecule has 0 bridgehead atoms. The summed E-state index contributed by atoms with van der Waals surface area (Å²) >= 11 is 0. The SMILES string of the molecule is C=CCC(CCC)N1CCCCC1=O. The summed E-state index contributed by atoms with van der Waals surface area (Å²) in [6, 6.07) is 0.408. The number of rotatable bonds is 5. The van der Waals surface area contributed by atoms with E-state index in [4.69, 9.17) is 0 Å². The van der Waals surface area contributed by atoms with Gasteiger partial charge in [0.25, 0.3) is 0 Å². The fourth-order valence-corrected chi connectivity index (χ4v) is 2.14. The predicted octanol–water partition coefficient (Wildman–Crippen LogP) is 2.74. The number of hydrogen-bond acceptors (Lipinski definition) is 1. The van der Waals surface area contributed by atoms with E-state index < -0.39 is 0 Å². The molecule has 1 saturated heterocycles. The molecule has 0 aromatic rings. The van der Waals surface area contributed by atoms with Crippen LogP contribution in [0.2, 0.25) is 0 Å². The molecule has 0 N–H and O–H groups in total. The van der Waals surface area contributed by atoms with Crippen molar-refractivity contribution in [3.05, 3.63) is 12.7 Å². The number of carbonyl (C=O) groups is 1. The Morgan fingerprint density at radius 1 is 1.57 bits per heavy atom. The standard InChI is InChI=1S/C12H21NO/c1-3-7-11(8-4-2)13-10-6-5-9-12(13)14/h3,11H,1,4-10H2,2H3. The molecule has 0 saturated carbocycles. The second kappa shape index (κ2) is 5.84. The number of amides is 1. The molecule has 14 heavy (non-hydrogen) atoms. The summed E-state index contributed by atoms with van der Waals surface area (Å²) in [6.07, 6.45) is 8.12. The van der Waals surface area contributed by atoms with Gasteiger partial charge in [0, 0.05) is 19.0 Å². The lowest BCUT2D eigenvalue weighted by atomic mass is 10.0. The van der Waals surface area contributed by atoms with E-state index in [9.17, 15) is 4.79 Å². The lowest BCUT2D eigenvalue weighted by Crippen LogP contribution is -2.43. The van der Waals surface area contributed by atoms with Gasteiger partial charge in [-0.3, -0.25) is 4.79 Å². The van der Waals surface area contributed by atoms with Crippen LogP contribution in [0.3, 0.4) is 0 Å². The molecule has 0 spiro atoms. The highest BCUT2D eigenvalue weighted by Crippen LogP contribution is 2.19. The molecule has 1 aliphatic heterocycles. The van der Waals surface area contributed by atoms with Gasteiger partial charge in [-0.25, -0.2) is 0 Å². The molecule has 0 aromatic carbocycles. The lowest BCUT2D eigenvalue weighted by Gasteiger charge is -2.34. The summed E-state index contributed by atoms with van der Waals surface area (Å²) in [4.78, 5) is 13.7. The van der Waals surface area contributed by atoms with Crippen LogP contribution in [0.15, 0.2) is 12.7 Å². The van der Waals surface area contributed by atoms with Crippen molar-refractivity contribution in [2.24, 2.45) is 0 Å². The highest BCUT2D eigenvalue weighted by Gasteiger charge is 2.24. The maximum atomic E-state index is 11.7. The van der Waals surface area contributed by atoms with E-state index >= 15 is 0 Å². The third kappa shape index (κ3) is 2.86. The lowest BCUT2D eigenvalue weighted by molar-refractivity contribution is -0.135. The summed E-state index contributed by atoms with van der Waals surface area (Å²) in [6.45, 7) is 6.89. The van der Waals surface area contributed by atoms with Crippen molar-refractivity contribution in [3.8, 4) is 0 Å². The van der Waals surface area contributed by atoms with Crippen LogP contribution in [0.1, 0.15) is 45.4 Å². The van der Waals surface area contributed by atoms with Crippen LogP contribution >= 0.6 is 0 Å². The Morgan fingerprint density at radius 3 is 2.93 bits per heavy atom. The Hall–Kier alpha value is -0.790. The molecule has 1 amide bonds. The van der Waals surface area contributed by atoms with Gasteiger partial charge in [-0.2, -0.15) is 0 Å². The van der Waals surface area contributed by atoms with Gasteiger partial charge in [-0.15, -0.1) is 6.58 Å². The normalized spacial score (nSPS) is 19.5. The minimum Gasteiger partial charge on any atom is -0.339 e. The molecule has 2 heteroatoms. The van der Waals surface area contributed by atoms with Crippen molar-refractivity contribution < 1.29 is 4.79 Å². The Bertz CT molecular complexity index is 200. The third-order valence-corrected chi connectivity index (χ3v) is 2.86. The van der Waals surface area contributed by atoms with Gasteiger partial charge in [-0.1, -0.05) is 19.4 Å². The van der Waals surface area contributed by atoms with Crippen LogP contribution in [-0.4, -0.2) is 23.4 Å². The fourth-order valence-electron chi connectivity index (χ4n) is 2.14. The van der Waals surface area contributed by atoms with E-state index in [-0.39, 0.29) is 0 Å². The largest absolute Gasteiger partial charge is 0.339 e. The molecule has 1 atom stereocenters. The van der Waals surface area contributed by atoms with Gasteiger partial charge < -0.3 is 4.90 Å². The zero-order chi connectivity index (χ0) is 10.4. The average Bonchev–Trinajstić information content (AvgIpc) is 2.18. The summed E-state index contributed by atoms with van der Waals surface area (Å²) < 4.78 is 0. The molecular formula is C12H21NO. The number of piperidine rings is 1. The minimum absolute atomic E-state index is 0.344. The smallest absolute Gasteiger partial charge is 0.222 e. The van der Waals surface area contributed by atoms with E-state index in [1.807, 2.05) is 6.08 Å². The number of nitrogens with zero attached hydrogens (tertiary/aromatic N) is 1. The number of likely N-dealkylation sites (tertiary alicyclic amines) is 1. The van der Waals surface area contributed by atoms with Gasteiger partial charge in [0.2, 0.25) is 5.91 Å². The van der Waals surface area contributed by atoms with Gasteiger partial charge in [-0.05, 0) is 25.7 Å². The molecule has 1 heterocycles.